The molecule has 0 unspecified atom stereocenters. The maximum Gasteiger partial charge on any atom is 0.417 e. The lowest BCUT2D eigenvalue weighted by Crippen LogP contribution is -2.08. The standard InChI is InChI=1S/C20H13F3N2O3S/c1-2-7-28-11-5-3-10(4-6-11)13-8-12(20(21,22)23)16-17-18(29-19(16)24-13)14(26)9-15(27)25-17/h2-6,8-9H,1,7H2,(H2,25,26,27). The maximum atomic E-state index is 13.8. The van der Waals surface area contributed by atoms with Crippen molar-refractivity contribution in [3.63, 3.8) is 0 Å². The number of aromatic hydroxyl groups is 1. The van der Waals surface area contributed by atoms with Gasteiger partial charge in [0.2, 0.25) is 0 Å². The first-order valence-electron chi connectivity index (χ1n) is 8.39. The summed E-state index contributed by atoms with van der Waals surface area (Å²) in [5.41, 5.74) is -1.11. The van der Waals surface area contributed by atoms with Crippen LogP contribution >= 0.6 is 11.3 Å². The molecule has 0 bridgehead atoms. The SMILES string of the molecule is C=CCOc1ccc(-c2cc(C(F)(F)F)c3c(n2)sc2c(O)cc(=O)[nH]c23)cc1. The predicted octanol–water partition coefficient (Wildman–Crippen LogP) is 5.09. The Labute approximate surface area is 165 Å². The number of aromatic nitrogens is 2. The highest BCUT2D eigenvalue weighted by molar-refractivity contribution is 7.25. The average molecular weight is 418 g/mol. The van der Waals surface area contributed by atoms with Crippen molar-refractivity contribution in [2.45, 2.75) is 6.18 Å². The molecule has 0 radical (unpaired) electrons. The van der Waals surface area contributed by atoms with E-state index in [0.717, 1.165) is 23.5 Å². The fourth-order valence-electron chi connectivity index (χ4n) is 3.00. The summed E-state index contributed by atoms with van der Waals surface area (Å²) in [7, 11) is 0. The summed E-state index contributed by atoms with van der Waals surface area (Å²) in [5.74, 6) is 0.167. The lowest BCUT2D eigenvalue weighted by atomic mass is 10.1. The molecule has 1 aromatic carbocycles. The third kappa shape index (κ3) is 3.44. The third-order valence-corrected chi connectivity index (χ3v) is 5.34. The largest absolute Gasteiger partial charge is 0.506 e. The molecule has 0 saturated heterocycles. The highest BCUT2D eigenvalue weighted by Crippen LogP contribution is 2.44. The predicted molar refractivity (Wildman–Crippen MR) is 106 cm³/mol. The van der Waals surface area contributed by atoms with Crippen LogP contribution < -0.4 is 10.3 Å². The van der Waals surface area contributed by atoms with Crippen LogP contribution in [0.2, 0.25) is 0 Å². The van der Waals surface area contributed by atoms with Crippen molar-refractivity contribution in [2.24, 2.45) is 0 Å². The van der Waals surface area contributed by atoms with Crippen LogP contribution in [0.5, 0.6) is 11.5 Å². The van der Waals surface area contributed by atoms with Crippen molar-refractivity contribution in [3.05, 3.63) is 65.0 Å². The fraction of sp³-hybridized carbons (Fsp3) is 0.100. The van der Waals surface area contributed by atoms with Gasteiger partial charge in [-0.15, -0.1) is 11.3 Å². The van der Waals surface area contributed by atoms with Crippen LogP contribution in [0.4, 0.5) is 13.2 Å². The molecule has 29 heavy (non-hydrogen) atoms. The summed E-state index contributed by atoms with van der Waals surface area (Å²) < 4.78 is 47.0. The van der Waals surface area contributed by atoms with Gasteiger partial charge in [0.1, 0.15) is 22.9 Å². The summed E-state index contributed by atoms with van der Waals surface area (Å²) in [5, 5.41) is 9.76. The molecular formula is C20H13F3N2O3S. The molecule has 0 aliphatic heterocycles. The Balaban J connectivity index is 1.95. The fourth-order valence-corrected chi connectivity index (χ4v) is 4.07. The topological polar surface area (TPSA) is 75.2 Å². The molecule has 5 nitrogen and oxygen atoms in total. The normalized spacial score (nSPS) is 11.8. The number of alkyl halides is 3. The molecule has 9 heteroatoms. The zero-order valence-corrected chi connectivity index (χ0v) is 15.5. The number of ether oxygens (including phenoxy) is 1. The van der Waals surface area contributed by atoms with E-state index in [1.807, 2.05) is 0 Å². The van der Waals surface area contributed by atoms with Crippen molar-refractivity contribution in [2.75, 3.05) is 6.61 Å². The summed E-state index contributed by atoms with van der Waals surface area (Å²) in [4.78, 5) is 18.5. The van der Waals surface area contributed by atoms with Crippen LogP contribution in [0.15, 0.2) is 53.8 Å². The Bertz CT molecular complexity index is 1290. The van der Waals surface area contributed by atoms with E-state index in [1.54, 1.807) is 30.3 Å². The van der Waals surface area contributed by atoms with E-state index >= 15 is 0 Å². The second-order valence-electron chi connectivity index (χ2n) is 6.18. The summed E-state index contributed by atoms with van der Waals surface area (Å²) in [6.45, 7) is 3.86. The van der Waals surface area contributed by atoms with Crippen LogP contribution in [-0.2, 0) is 6.18 Å². The number of thiophene rings is 1. The second kappa shape index (κ2) is 6.93. The molecule has 4 rings (SSSR count). The second-order valence-corrected chi connectivity index (χ2v) is 7.18. The van der Waals surface area contributed by atoms with E-state index in [9.17, 15) is 23.1 Å². The Kier molecular flexibility index (Phi) is 4.54. The molecule has 3 heterocycles. The number of pyridine rings is 2. The van der Waals surface area contributed by atoms with E-state index in [-0.39, 0.29) is 31.9 Å². The van der Waals surface area contributed by atoms with Crippen LogP contribution in [0.25, 0.3) is 31.7 Å². The first-order chi connectivity index (χ1) is 13.8. The van der Waals surface area contributed by atoms with Gasteiger partial charge in [-0.05, 0) is 30.3 Å². The number of H-pyrrole nitrogens is 1. The number of benzene rings is 1. The maximum absolute atomic E-state index is 13.8. The molecule has 0 aliphatic carbocycles. The average Bonchev–Trinajstić information content (AvgIpc) is 3.04. The van der Waals surface area contributed by atoms with Crippen LogP contribution in [0.1, 0.15) is 5.56 Å². The molecule has 4 aromatic rings. The van der Waals surface area contributed by atoms with Gasteiger partial charge >= 0.3 is 6.18 Å². The Morgan fingerprint density at radius 2 is 1.97 bits per heavy atom. The van der Waals surface area contributed by atoms with Gasteiger partial charge in [0.15, 0.2) is 0 Å². The highest BCUT2D eigenvalue weighted by Gasteiger charge is 2.35. The van der Waals surface area contributed by atoms with Crippen molar-refractivity contribution in [3.8, 4) is 22.8 Å². The van der Waals surface area contributed by atoms with Gasteiger partial charge in [0.25, 0.3) is 5.56 Å². The first kappa shape index (κ1) is 19.0. The van der Waals surface area contributed by atoms with E-state index in [2.05, 4.69) is 16.5 Å². The molecule has 3 aromatic heterocycles. The van der Waals surface area contributed by atoms with Crippen molar-refractivity contribution >= 4 is 31.8 Å². The van der Waals surface area contributed by atoms with E-state index in [4.69, 9.17) is 4.74 Å². The van der Waals surface area contributed by atoms with Crippen LogP contribution in [0.3, 0.4) is 0 Å². The van der Waals surface area contributed by atoms with Crippen LogP contribution in [-0.4, -0.2) is 21.7 Å². The zero-order chi connectivity index (χ0) is 20.8. The number of nitrogens with one attached hydrogen (secondary N) is 1. The number of fused-ring (bicyclic) bond motifs is 3. The minimum atomic E-state index is -4.68. The molecule has 0 amide bonds. The molecule has 2 N–H and O–H groups in total. The van der Waals surface area contributed by atoms with Crippen molar-refractivity contribution in [1.82, 2.24) is 9.97 Å². The summed E-state index contributed by atoms with van der Waals surface area (Å²) in [6, 6.07) is 8.35. The smallest absolute Gasteiger partial charge is 0.417 e. The van der Waals surface area contributed by atoms with Crippen molar-refractivity contribution in [1.29, 1.82) is 0 Å². The van der Waals surface area contributed by atoms with Gasteiger partial charge in [-0.1, -0.05) is 12.7 Å². The Hall–Kier alpha value is -3.33. The number of halogens is 3. The first-order valence-corrected chi connectivity index (χ1v) is 9.20. The third-order valence-electron chi connectivity index (χ3n) is 4.23. The lowest BCUT2D eigenvalue weighted by molar-refractivity contribution is -0.136. The van der Waals surface area contributed by atoms with Gasteiger partial charge < -0.3 is 14.8 Å². The minimum absolute atomic E-state index is 0.0639. The quantitative estimate of drug-likeness (QED) is 0.453. The number of rotatable bonds is 4. The van der Waals surface area contributed by atoms with E-state index in [1.165, 1.54) is 0 Å². The lowest BCUT2D eigenvalue weighted by Gasteiger charge is -2.11. The molecule has 0 aliphatic rings. The van der Waals surface area contributed by atoms with E-state index in [0.29, 0.717) is 17.9 Å². The van der Waals surface area contributed by atoms with Gasteiger partial charge in [0.05, 0.1) is 21.5 Å². The van der Waals surface area contributed by atoms with Gasteiger partial charge in [-0.3, -0.25) is 4.79 Å². The number of hydrogen-bond acceptors (Lipinski definition) is 5. The van der Waals surface area contributed by atoms with Gasteiger partial charge in [-0.25, -0.2) is 4.98 Å². The molecule has 0 spiro atoms. The molecule has 0 saturated carbocycles. The number of hydrogen-bond donors (Lipinski definition) is 2. The monoisotopic (exact) mass is 418 g/mol. The van der Waals surface area contributed by atoms with Gasteiger partial charge in [0, 0.05) is 17.0 Å². The highest BCUT2D eigenvalue weighted by atomic mass is 32.1. The number of nitrogens with zero attached hydrogens (tertiary/aromatic N) is 1. The Morgan fingerprint density at radius 3 is 2.62 bits per heavy atom. The minimum Gasteiger partial charge on any atom is -0.506 e. The Morgan fingerprint density at radius 1 is 1.24 bits per heavy atom. The summed E-state index contributed by atoms with van der Waals surface area (Å²) >= 11 is 0.883. The van der Waals surface area contributed by atoms with Gasteiger partial charge in [-0.2, -0.15) is 13.2 Å². The van der Waals surface area contributed by atoms with Crippen molar-refractivity contribution < 1.29 is 23.0 Å². The molecule has 0 fully saturated rings. The zero-order valence-electron chi connectivity index (χ0n) is 14.7. The molecular weight excluding hydrogens is 405 g/mol. The molecule has 148 valence electrons. The summed E-state index contributed by atoms with van der Waals surface area (Å²) in [6.07, 6.45) is -3.10. The molecule has 0 atom stereocenters. The van der Waals surface area contributed by atoms with E-state index < -0.39 is 17.3 Å². The van der Waals surface area contributed by atoms with Crippen LogP contribution in [0, 0.1) is 0 Å². The number of aromatic amines is 1.